The topological polar surface area (TPSA) is 111 Å². The summed E-state index contributed by atoms with van der Waals surface area (Å²) in [7, 11) is 3.11. The van der Waals surface area contributed by atoms with Crippen LogP contribution in [0.1, 0.15) is 19.8 Å². The lowest BCUT2D eigenvalue weighted by atomic mass is 10.1. The summed E-state index contributed by atoms with van der Waals surface area (Å²) in [4.78, 5) is 36.5. The molecule has 1 aliphatic heterocycles. The van der Waals surface area contributed by atoms with Gasteiger partial charge in [0.15, 0.2) is 11.5 Å². The van der Waals surface area contributed by atoms with E-state index >= 15 is 0 Å². The molecule has 0 bridgehead atoms. The van der Waals surface area contributed by atoms with Gasteiger partial charge in [-0.3, -0.25) is 9.36 Å². The van der Waals surface area contributed by atoms with Crippen molar-refractivity contribution >= 4 is 28.7 Å². The largest absolute Gasteiger partial charge is 0.497 e. The minimum atomic E-state index is -0.316. The lowest BCUT2D eigenvalue weighted by Gasteiger charge is -2.33. The van der Waals surface area contributed by atoms with Crippen LogP contribution in [0.2, 0.25) is 0 Å². The monoisotopic (exact) mass is 452 g/mol. The molecule has 1 saturated heterocycles. The maximum Gasteiger partial charge on any atom is 0.319 e. The van der Waals surface area contributed by atoms with Gasteiger partial charge in [-0.15, -0.1) is 0 Å². The Balaban J connectivity index is 1.41. The number of amides is 2. The Morgan fingerprint density at radius 1 is 1.18 bits per heavy atom. The predicted octanol–water partition coefficient (Wildman–Crippen LogP) is 2.62. The van der Waals surface area contributed by atoms with E-state index < -0.39 is 0 Å². The second-order valence-electron chi connectivity index (χ2n) is 7.76. The number of aromatic nitrogens is 3. The summed E-state index contributed by atoms with van der Waals surface area (Å²) in [6.07, 6.45) is 3.06. The zero-order valence-electron chi connectivity index (χ0n) is 19.0. The molecule has 3 heterocycles. The Hall–Kier alpha value is -3.82. The zero-order valence-corrected chi connectivity index (χ0v) is 19.0. The minimum Gasteiger partial charge on any atom is -0.497 e. The number of fused-ring (bicyclic) bond motifs is 1. The number of hydrogen-bond acceptors (Lipinski definition) is 7. The van der Waals surface area contributed by atoms with Crippen molar-refractivity contribution in [3.05, 3.63) is 46.9 Å². The summed E-state index contributed by atoms with van der Waals surface area (Å²) in [6.45, 7) is 3.68. The highest BCUT2D eigenvalue weighted by atomic mass is 16.5. The number of pyridine rings is 1. The van der Waals surface area contributed by atoms with Crippen LogP contribution in [0.3, 0.4) is 0 Å². The van der Waals surface area contributed by atoms with Gasteiger partial charge >= 0.3 is 6.03 Å². The first-order chi connectivity index (χ1) is 16.0. The molecule has 33 heavy (non-hydrogen) atoms. The quantitative estimate of drug-likeness (QED) is 0.591. The van der Waals surface area contributed by atoms with E-state index in [9.17, 15) is 9.59 Å². The van der Waals surface area contributed by atoms with Gasteiger partial charge in [0.05, 0.1) is 19.9 Å². The maximum absolute atomic E-state index is 13.0. The average molecular weight is 453 g/mol. The molecule has 0 atom stereocenters. The second kappa shape index (κ2) is 9.76. The van der Waals surface area contributed by atoms with E-state index in [0.29, 0.717) is 66.6 Å². The zero-order chi connectivity index (χ0) is 23.4. The number of urea groups is 1. The van der Waals surface area contributed by atoms with E-state index in [2.05, 4.69) is 20.6 Å². The molecule has 1 fully saturated rings. The van der Waals surface area contributed by atoms with Crippen molar-refractivity contribution in [2.45, 2.75) is 32.4 Å². The van der Waals surface area contributed by atoms with Crippen LogP contribution in [0.25, 0.3) is 11.2 Å². The van der Waals surface area contributed by atoms with Crippen LogP contribution in [0.5, 0.6) is 11.5 Å². The Morgan fingerprint density at radius 2 is 1.97 bits per heavy atom. The van der Waals surface area contributed by atoms with Crippen LogP contribution in [0.15, 0.2) is 41.3 Å². The third-order valence-corrected chi connectivity index (χ3v) is 5.79. The molecular formula is C23H28N6O4. The molecule has 0 saturated carbocycles. The number of nitrogens with one attached hydrogen (secondary N) is 2. The standard InChI is InChI=1S/C23H28N6O4/c1-4-29-20-17(6-5-11-24-20)26-21(22(29)30)28-12-9-15(10-13-28)25-23(31)27-18-14-16(32-2)7-8-19(18)33-3/h5-8,11,14-15H,4,9-10,12-13H2,1-3H3,(H2,25,27,31). The highest BCUT2D eigenvalue weighted by Gasteiger charge is 2.25. The highest BCUT2D eigenvalue weighted by Crippen LogP contribution is 2.29. The van der Waals surface area contributed by atoms with Crippen LogP contribution < -0.4 is 30.6 Å². The summed E-state index contributed by atoms with van der Waals surface area (Å²) in [5.41, 5.74) is 1.68. The Bertz CT molecular complexity index is 1200. The number of nitrogens with zero attached hydrogens (tertiary/aromatic N) is 4. The van der Waals surface area contributed by atoms with Crippen molar-refractivity contribution in [2.24, 2.45) is 0 Å². The Kier molecular flexibility index (Phi) is 6.62. The molecule has 4 rings (SSSR count). The van der Waals surface area contributed by atoms with E-state index in [1.165, 1.54) is 0 Å². The van der Waals surface area contributed by atoms with Crippen LogP contribution in [-0.4, -0.2) is 53.9 Å². The normalized spacial score (nSPS) is 14.2. The fraction of sp³-hybridized carbons (Fsp3) is 0.391. The smallest absolute Gasteiger partial charge is 0.319 e. The summed E-state index contributed by atoms with van der Waals surface area (Å²) < 4.78 is 12.2. The molecular weight excluding hydrogens is 424 g/mol. The van der Waals surface area contributed by atoms with Crippen molar-refractivity contribution in [2.75, 3.05) is 37.5 Å². The highest BCUT2D eigenvalue weighted by molar-refractivity contribution is 5.91. The van der Waals surface area contributed by atoms with Gasteiger partial charge in [-0.2, -0.15) is 0 Å². The second-order valence-corrected chi connectivity index (χ2v) is 7.76. The van der Waals surface area contributed by atoms with Crippen molar-refractivity contribution in [1.82, 2.24) is 19.9 Å². The van der Waals surface area contributed by atoms with Crippen LogP contribution in [0, 0.1) is 0 Å². The lowest BCUT2D eigenvalue weighted by molar-refractivity contribution is 0.245. The van der Waals surface area contributed by atoms with Gasteiger partial charge in [-0.05, 0) is 44.0 Å². The average Bonchev–Trinajstić information content (AvgIpc) is 2.84. The third-order valence-electron chi connectivity index (χ3n) is 5.79. The van der Waals surface area contributed by atoms with Crippen molar-refractivity contribution in [3.63, 3.8) is 0 Å². The van der Waals surface area contributed by atoms with Crippen molar-refractivity contribution < 1.29 is 14.3 Å². The predicted molar refractivity (Wildman–Crippen MR) is 126 cm³/mol. The van der Waals surface area contributed by atoms with Gasteiger partial charge in [-0.25, -0.2) is 14.8 Å². The summed E-state index contributed by atoms with van der Waals surface area (Å²) in [5.74, 6) is 1.60. The molecule has 3 aromatic rings. The number of benzene rings is 1. The first-order valence-corrected chi connectivity index (χ1v) is 10.9. The fourth-order valence-electron chi connectivity index (χ4n) is 4.05. The van der Waals surface area contributed by atoms with E-state index in [4.69, 9.17) is 9.47 Å². The number of methoxy groups -OCH3 is 2. The van der Waals surface area contributed by atoms with Crippen LogP contribution >= 0.6 is 0 Å². The van der Waals surface area contributed by atoms with E-state index in [0.717, 1.165) is 0 Å². The number of ether oxygens (including phenoxy) is 2. The molecule has 2 amide bonds. The summed E-state index contributed by atoms with van der Waals surface area (Å²) in [5, 5.41) is 5.84. The number of anilines is 2. The summed E-state index contributed by atoms with van der Waals surface area (Å²) >= 11 is 0. The number of aryl methyl sites for hydroxylation is 1. The molecule has 10 heteroatoms. The third kappa shape index (κ3) is 4.69. The van der Waals surface area contributed by atoms with Crippen LogP contribution in [0.4, 0.5) is 16.3 Å². The van der Waals surface area contributed by atoms with E-state index in [1.54, 1.807) is 43.2 Å². The van der Waals surface area contributed by atoms with Gasteiger partial charge < -0.3 is 25.0 Å². The molecule has 0 spiro atoms. The van der Waals surface area contributed by atoms with Crippen molar-refractivity contribution in [3.8, 4) is 11.5 Å². The Labute approximate surface area is 191 Å². The number of piperidine rings is 1. The molecule has 0 unspecified atom stereocenters. The lowest BCUT2D eigenvalue weighted by Crippen LogP contribution is -2.47. The van der Waals surface area contributed by atoms with Gasteiger partial charge in [0.25, 0.3) is 5.56 Å². The summed E-state index contributed by atoms with van der Waals surface area (Å²) in [6, 6.07) is 8.55. The maximum atomic E-state index is 13.0. The van der Waals surface area contributed by atoms with E-state index in [1.807, 2.05) is 24.0 Å². The molecule has 0 aliphatic carbocycles. The number of rotatable bonds is 6. The molecule has 174 valence electrons. The van der Waals surface area contributed by atoms with Crippen molar-refractivity contribution in [1.29, 1.82) is 0 Å². The number of carbonyl (C=O) groups is 1. The first-order valence-electron chi connectivity index (χ1n) is 10.9. The number of carbonyl (C=O) groups excluding carboxylic acids is 1. The molecule has 2 aromatic heterocycles. The molecule has 10 nitrogen and oxygen atoms in total. The van der Waals surface area contributed by atoms with Gasteiger partial charge in [-0.1, -0.05) is 0 Å². The number of hydrogen-bond donors (Lipinski definition) is 2. The Morgan fingerprint density at radius 3 is 2.67 bits per heavy atom. The minimum absolute atomic E-state index is 0.0200. The van der Waals surface area contributed by atoms with E-state index in [-0.39, 0.29) is 17.6 Å². The molecule has 1 aromatic carbocycles. The van der Waals surface area contributed by atoms with Gasteiger partial charge in [0.2, 0.25) is 0 Å². The first kappa shape index (κ1) is 22.4. The van der Waals surface area contributed by atoms with Gasteiger partial charge in [0, 0.05) is 37.9 Å². The SMILES string of the molecule is CCn1c(=O)c(N2CCC(NC(=O)Nc3cc(OC)ccc3OC)CC2)nc2cccnc21. The molecule has 2 N–H and O–H groups in total. The fourth-order valence-corrected chi connectivity index (χ4v) is 4.05. The van der Waals surface area contributed by atoms with Crippen LogP contribution in [-0.2, 0) is 6.54 Å². The van der Waals surface area contributed by atoms with Gasteiger partial charge in [0.1, 0.15) is 17.0 Å². The molecule has 1 aliphatic rings. The molecule has 0 radical (unpaired) electrons.